The maximum Gasteiger partial charge on any atom is 0.145 e. The van der Waals surface area contributed by atoms with Crippen LogP contribution in [0.4, 0.5) is 4.39 Å². The van der Waals surface area contributed by atoms with Gasteiger partial charge in [0.15, 0.2) is 0 Å². The third kappa shape index (κ3) is 2.64. The number of hydrogen-bond acceptors (Lipinski definition) is 1. The number of nitrogens with zero attached hydrogens (tertiary/aromatic N) is 1. The molecular weight excluding hydrogens is 152 g/mol. The Bertz CT molecular complexity index is 238. The zero-order chi connectivity index (χ0) is 9.72. The molecule has 0 amide bonds. The van der Waals surface area contributed by atoms with Crippen molar-refractivity contribution in [1.82, 2.24) is 4.98 Å². The smallest absolute Gasteiger partial charge is 0.145 e. The van der Waals surface area contributed by atoms with Gasteiger partial charge in [-0.3, -0.25) is 4.98 Å². The minimum Gasteiger partial charge on any atom is -0.267 e. The number of pyridine rings is 1. The highest BCUT2D eigenvalue weighted by atomic mass is 19.1. The molecule has 1 aromatic rings. The van der Waals surface area contributed by atoms with Crippen molar-refractivity contribution in [3.05, 3.63) is 23.1 Å². The average Bonchev–Trinajstić information content (AvgIpc) is 2.04. The number of aromatic nitrogens is 1. The molecule has 3 heteroatoms. The van der Waals surface area contributed by atoms with E-state index in [1.807, 2.05) is 13.8 Å². The molecule has 1 rings (SSSR count). The second-order valence-electron chi connectivity index (χ2n) is 2.28. The average molecular weight is 165 g/mol. The summed E-state index contributed by atoms with van der Waals surface area (Å²) in [7, 11) is 5.24. The molecule has 0 saturated heterocycles. The van der Waals surface area contributed by atoms with Gasteiger partial charge in [0.2, 0.25) is 0 Å². The van der Waals surface area contributed by atoms with Gasteiger partial charge in [-0.25, -0.2) is 4.39 Å². The summed E-state index contributed by atoms with van der Waals surface area (Å²) in [5.41, 5.74) is 1.28. The van der Waals surface area contributed by atoms with Gasteiger partial charge in [-0.15, -0.1) is 0 Å². The molecule has 0 unspecified atom stereocenters. The summed E-state index contributed by atoms with van der Waals surface area (Å²) < 4.78 is 12.7. The molecule has 1 heterocycles. The molecule has 0 spiro atoms. The minimum atomic E-state index is -0.411. The van der Waals surface area contributed by atoms with Crippen LogP contribution in [0.3, 0.4) is 0 Å². The van der Waals surface area contributed by atoms with Crippen LogP contribution >= 0.6 is 0 Å². The summed E-state index contributed by atoms with van der Waals surface area (Å²) in [4.78, 5) is 3.74. The van der Waals surface area contributed by atoms with Gasteiger partial charge in [0.25, 0.3) is 0 Å². The molecule has 64 valence electrons. The Morgan fingerprint density at radius 2 is 1.83 bits per heavy atom. The van der Waals surface area contributed by atoms with Crippen molar-refractivity contribution in [2.75, 3.05) is 0 Å². The van der Waals surface area contributed by atoms with Gasteiger partial charge in [0.1, 0.15) is 13.7 Å². The topological polar surface area (TPSA) is 12.9 Å². The van der Waals surface area contributed by atoms with Crippen LogP contribution in [-0.4, -0.2) is 12.8 Å². The van der Waals surface area contributed by atoms with Crippen molar-refractivity contribution < 1.29 is 4.39 Å². The van der Waals surface area contributed by atoms with Crippen LogP contribution < -0.4 is 5.59 Å². The zero-order valence-electron chi connectivity index (χ0n) is 7.98. The first-order valence-electron chi connectivity index (χ1n) is 4.00. The fourth-order valence-corrected chi connectivity index (χ4v) is 0.850. The van der Waals surface area contributed by atoms with Gasteiger partial charge in [0, 0.05) is 11.3 Å². The quantitative estimate of drug-likeness (QED) is 0.532. The normalized spacial score (nSPS) is 8.75. The van der Waals surface area contributed by atoms with E-state index in [0.29, 0.717) is 5.56 Å². The molecule has 0 saturated carbocycles. The Kier molecular flexibility index (Phi) is 4.56. The maximum atomic E-state index is 12.7. The molecule has 12 heavy (non-hydrogen) atoms. The van der Waals surface area contributed by atoms with E-state index >= 15 is 0 Å². The van der Waals surface area contributed by atoms with E-state index < -0.39 is 5.82 Å². The number of aryl methyl sites for hydroxylation is 2. The molecule has 0 aliphatic rings. The lowest BCUT2D eigenvalue weighted by Gasteiger charge is -2.00. The Hall–Kier alpha value is -0.855. The lowest BCUT2D eigenvalue weighted by molar-refractivity contribution is 0.621. The van der Waals surface area contributed by atoms with Crippen LogP contribution in [-0.2, 0) is 0 Å². The largest absolute Gasteiger partial charge is 0.267 e. The molecular formula is C9H13BFN. The predicted octanol–water partition coefficient (Wildman–Crippen LogP) is 1.66. The number of rotatable bonds is 0. The Morgan fingerprint density at radius 3 is 2.25 bits per heavy atom. The number of hydrogen-bond donors (Lipinski definition) is 0. The first kappa shape index (κ1) is 11.1. The Labute approximate surface area is 74.4 Å². The molecule has 0 aliphatic heterocycles. The van der Waals surface area contributed by atoms with E-state index in [-0.39, 0.29) is 5.59 Å². The molecule has 2 radical (unpaired) electrons. The van der Waals surface area contributed by atoms with E-state index in [1.54, 1.807) is 19.9 Å². The molecule has 0 aliphatic carbocycles. The van der Waals surface area contributed by atoms with E-state index in [0.717, 1.165) is 5.69 Å². The summed E-state index contributed by atoms with van der Waals surface area (Å²) in [6.07, 6.45) is 0. The van der Waals surface area contributed by atoms with Crippen LogP contribution in [0.5, 0.6) is 0 Å². The second-order valence-corrected chi connectivity index (χ2v) is 2.28. The summed E-state index contributed by atoms with van der Waals surface area (Å²) in [5.74, 6) is -0.411. The van der Waals surface area contributed by atoms with E-state index in [9.17, 15) is 4.39 Å². The Morgan fingerprint density at radius 1 is 1.33 bits per heavy atom. The van der Waals surface area contributed by atoms with Crippen molar-refractivity contribution in [2.45, 2.75) is 27.7 Å². The first-order valence-corrected chi connectivity index (χ1v) is 4.00. The van der Waals surface area contributed by atoms with Gasteiger partial charge >= 0.3 is 0 Å². The molecule has 0 N–H and O–H groups in total. The Balaban J connectivity index is 0.000000561. The molecule has 1 aromatic heterocycles. The fourth-order valence-electron chi connectivity index (χ4n) is 0.850. The monoisotopic (exact) mass is 165 g/mol. The van der Waals surface area contributed by atoms with Gasteiger partial charge in [-0.2, -0.15) is 0 Å². The zero-order valence-corrected chi connectivity index (χ0v) is 7.98. The highest BCUT2D eigenvalue weighted by Crippen LogP contribution is 2.01. The standard InChI is InChI=1S/C7H7BFN.C2H6/c1-4-3-5(2)10-7(8)6(4)9;1-2/h3H,1-2H3;1-2H3. The summed E-state index contributed by atoms with van der Waals surface area (Å²) >= 11 is 0. The highest BCUT2D eigenvalue weighted by Gasteiger charge is 2.01. The van der Waals surface area contributed by atoms with Crippen LogP contribution in [0.1, 0.15) is 25.1 Å². The van der Waals surface area contributed by atoms with Gasteiger partial charge in [-0.1, -0.05) is 13.8 Å². The third-order valence-electron chi connectivity index (χ3n) is 1.29. The van der Waals surface area contributed by atoms with E-state index in [1.165, 1.54) is 0 Å². The lowest BCUT2D eigenvalue weighted by atomic mass is 10.0. The van der Waals surface area contributed by atoms with Crippen molar-refractivity contribution in [3.8, 4) is 0 Å². The van der Waals surface area contributed by atoms with Crippen molar-refractivity contribution >= 4 is 13.4 Å². The second kappa shape index (κ2) is 4.91. The van der Waals surface area contributed by atoms with E-state index in [4.69, 9.17) is 7.85 Å². The van der Waals surface area contributed by atoms with Gasteiger partial charge < -0.3 is 0 Å². The van der Waals surface area contributed by atoms with Crippen LogP contribution in [0, 0.1) is 19.7 Å². The van der Waals surface area contributed by atoms with Crippen LogP contribution in [0.25, 0.3) is 0 Å². The molecule has 0 fully saturated rings. The maximum absolute atomic E-state index is 12.7. The van der Waals surface area contributed by atoms with Crippen molar-refractivity contribution in [1.29, 1.82) is 0 Å². The minimum absolute atomic E-state index is 0.0162. The number of halogens is 1. The molecule has 0 bridgehead atoms. The summed E-state index contributed by atoms with van der Waals surface area (Å²) in [6.45, 7) is 7.45. The predicted molar refractivity (Wildman–Crippen MR) is 50.4 cm³/mol. The highest BCUT2D eigenvalue weighted by molar-refractivity contribution is 6.30. The third-order valence-corrected chi connectivity index (χ3v) is 1.29. The van der Waals surface area contributed by atoms with E-state index in [2.05, 4.69) is 4.98 Å². The van der Waals surface area contributed by atoms with Gasteiger partial charge in [0.05, 0.1) is 0 Å². The summed E-state index contributed by atoms with van der Waals surface area (Å²) in [6, 6.07) is 1.66. The van der Waals surface area contributed by atoms with Gasteiger partial charge in [-0.05, 0) is 25.5 Å². The van der Waals surface area contributed by atoms with Crippen LogP contribution in [0.15, 0.2) is 6.07 Å². The lowest BCUT2D eigenvalue weighted by Crippen LogP contribution is -2.15. The summed E-state index contributed by atoms with van der Waals surface area (Å²) in [5, 5.41) is 0. The fraction of sp³-hybridized carbons (Fsp3) is 0.444. The van der Waals surface area contributed by atoms with Crippen molar-refractivity contribution in [3.63, 3.8) is 0 Å². The molecule has 1 nitrogen and oxygen atoms in total. The molecule has 0 atom stereocenters. The SMILES string of the molecule is CC.[B]c1nc(C)cc(C)c1F. The van der Waals surface area contributed by atoms with Crippen molar-refractivity contribution in [2.24, 2.45) is 0 Å². The first-order chi connectivity index (χ1) is 5.61. The molecule has 0 aromatic carbocycles. The van der Waals surface area contributed by atoms with Crippen LogP contribution in [0.2, 0.25) is 0 Å².